The first-order chi connectivity index (χ1) is 20.1. The van der Waals surface area contributed by atoms with E-state index in [1.807, 2.05) is 13.8 Å². The Bertz CT molecular complexity index is 1760. The number of carbonyl (C=O) groups excluding carboxylic acids is 1. The van der Waals surface area contributed by atoms with E-state index in [9.17, 15) is 14.0 Å². The summed E-state index contributed by atoms with van der Waals surface area (Å²) in [6.45, 7) is 8.96. The number of rotatable bonds is 8. The standard InChI is InChI=1S/C31H30FN5O5/c1-18(2)37-16-23(20-7-9-21(32)10-8-20)29(38)24(17-37)30(39)36-31(33-4)35-15-19(3)42-26-11-12-34-25-14-28(41-6)27(40-5)13-22(25)26/h7-18H,4H2,1-3,5-6H3,(H,35,36,39)/b19-15+. The third-order valence-corrected chi connectivity index (χ3v) is 6.26. The van der Waals surface area contributed by atoms with Gasteiger partial charge in [-0.2, -0.15) is 0 Å². The highest BCUT2D eigenvalue weighted by molar-refractivity contribution is 6.07. The predicted molar refractivity (Wildman–Crippen MR) is 160 cm³/mol. The van der Waals surface area contributed by atoms with Gasteiger partial charge in [-0.25, -0.2) is 14.4 Å². The number of hydrogen-bond donors (Lipinski definition) is 1. The van der Waals surface area contributed by atoms with Crippen LogP contribution in [0.5, 0.6) is 17.2 Å². The maximum absolute atomic E-state index is 13.5. The van der Waals surface area contributed by atoms with E-state index in [4.69, 9.17) is 14.2 Å². The molecule has 42 heavy (non-hydrogen) atoms. The molecule has 0 spiro atoms. The van der Waals surface area contributed by atoms with Crippen LogP contribution in [0, 0.1) is 5.82 Å². The van der Waals surface area contributed by atoms with E-state index in [1.165, 1.54) is 43.8 Å². The molecule has 0 unspecified atom stereocenters. The van der Waals surface area contributed by atoms with Gasteiger partial charge in [0.05, 0.1) is 25.9 Å². The average Bonchev–Trinajstić information content (AvgIpc) is 2.99. The molecule has 11 heteroatoms. The lowest BCUT2D eigenvalue weighted by atomic mass is 10.0. The van der Waals surface area contributed by atoms with Crippen molar-refractivity contribution in [1.82, 2.24) is 14.9 Å². The van der Waals surface area contributed by atoms with Crippen LogP contribution in [0.1, 0.15) is 37.2 Å². The number of hydrogen-bond acceptors (Lipinski definition) is 7. The Morgan fingerprint density at radius 1 is 1.07 bits per heavy atom. The number of ether oxygens (including phenoxy) is 3. The molecule has 2 heterocycles. The highest BCUT2D eigenvalue weighted by Crippen LogP contribution is 2.35. The summed E-state index contributed by atoms with van der Waals surface area (Å²) in [5, 5.41) is 3.21. The largest absolute Gasteiger partial charge is 0.493 e. The number of aliphatic imine (C=N–C) groups is 2. The second kappa shape index (κ2) is 12.9. The molecule has 4 aromatic rings. The highest BCUT2D eigenvalue weighted by atomic mass is 19.1. The molecule has 0 atom stereocenters. The molecule has 0 radical (unpaired) electrons. The van der Waals surface area contributed by atoms with Crippen LogP contribution in [-0.2, 0) is 0 Å². The lowest BCUT2D eigenvalue weighted by Crippen LogP contribution is -2.34. The molecule has 0 saturated heterocycles. The number of nitrogens with zero attached hydrogens (tertiary/aromatic N) is 4. The van der Waals surface area contributed by atoms with Gasteiger partial charge in [0.1, 0.15) is 22.9 Å². The Balaban J connectivity index is 1.60. The molecule has 1 amide bonds. The summed E-state index contributed by atoms with van der Waals surface area (Å²) in [4.78, 5) is 38.8. The summed E-state index contributed by atoms with van der Waals surface area (Å²) in [5.74, 6) is 0.617. The van der Waals surface area contributed by atoms with Crippen molar-refractivity contribution in [2.24, 2.45) is 9.98 Å². The number of aromatic nitrogens is 2. The second-order valence-corrected chi connectivity index (χ2v) is 9.40. The van der Waals surface area contributed by atoms with Gasteiger partial charge in [0.15, 0.2) is 11.5 Å². The van der Waals surface area contributed by atoms with E-state index in [1.54, 1.807) is 49.2 Å². The molecule has 0 fully saturated rings. The number of pyridine rings is 2. The van der Waals surface area contributed by atoms with Gasteiger partial charge >= 0.3 is 0 Å². The first-order valence-electron chi connectivity index (χ1n) is 12.9. The van der Waals surface area contributed by atoms with Crippen molar-refractivity contribution in [2.45, 2.75) is 26.8 Å². The number of amides is 1. The molecule has 1 N–H and O–H groups in total. The van der Waals surface area contributed by atoms with Crippen molar-refractivity contribution in [3.63, 3.8) is 0 Å². The van der Waals surface area contributed by atoms with E-state index in [2.05, 4.69) is 27.0 Å². The Morgan fingerprint density at radius 2 is 1.76 bits per heavy atom. The van der Waals surface area contributed by atoms with E-state index >= 15 is 0 Å². The molecule has 216 valence electrons. The van der Waals surface area contributed by atoms with Gasteiger partial charge in [-0.3, -0.25) is 19.9 Å². The van der Waals surface area contributed by atoms with Gasteiger partial charge in [-0.1, -0.05) is 12.1 Å². The average molecular weight is 572 g/mol. The molecule has 4 rings (SSSR count). The quantitative estimate of drug-likeness (QED) is 0.169. The minimum atomic E-state index is -0.724. The maximum Gasteiger partial charge on any atom is 0.263 e. The lowest BCUT2D eigenvalue weighted by Gasteiger charge is -2.15. The second-order valence-electron chi connectivity index (χ2n) is 9.40. The third-order valence-electron chi connectivity index (χ3n) is 6.26. The van der Waals surface area contributed by atoms with Crippen LogP contribution >= 0.6 is 0 Å². The molecule has 0 saturated carbocycles. The summed E-state index contributed by atoms with van der Waals surface area (Å²) in [7, 11) is 3.08. The van der Waals surface area contributed by atoms with Crippen LogP contribution in [0.4, 0.5) is 4.39 Å². The van der Waals surface area contributed by atoms with Crippen molar-refractivity contribution >= 4 is 29.5 Å². The Kier molecular flexibility index (Phi) is 9.11. The molecule has 2 aromatic carbocycles. The van der Waals surface area contributed by atoms with Crippen LogP contribution < -0.4 is 25.0 Å². The van der Waals surface area contributed by atoms with Crippen molar-refractivity contribution in [1.29, 1.82) is 0 Å². The minimum Gasteiger partial charge on any atom is -0.493 e. The zero-order valence-electron chi connectivity index (χ0n) is 23.8. The fraction of sp³-hybridized carbons (Fsp3) is 0.194. The molecule has 10 nitrogen and oxygen atoms in total. The predicted octanol–water partition coefficient (Wildman–Crippen LogP) is 5.53. The number of methoxy groups -OCH3 is 2. The van der Waals surface area contributed by atoms with E-state index < -0.39 is 17.2 Å². The normalized spacial score (nSPS) is 11.9. The summed E-state index contributed by atoms with van der Waals surface area (Å²) in [6, 6.07) is 10.6. The molecular weight excluding hydrogens is 541 g/mol. The monoisotopic (exact) mass is 571 g/mol. The van der Waals surface area contributed by atoms with Gasteiger partial charge < -0.3 is 18.8 Å². The van der Waals surface area contributed by atoms with Crippen LogP contribution in [0.15, 0.2) is 87.8 Å². The van der Waals surface area contributed by atoms with Crippen LogP contribution in [-0.4, -0.2) is 42.4 Å². The topological polar surface area (TPSA) is 116 Å². The minimum absolute atomic E-state index is 0.0601. The van der Waals surface area contributed by atoms with Gasteiger partial charge in [-0.05, 0) is 57.3 Å². The highest BCUT2D eigenvalue weighted by Gasteiger charge is 2.18. The smallest absolute Gasteiger partial charge is 0.263 e. The number of carbonyl (C=O) groups is 1. The molecule has 0 aliphatic carbocycles. The summed E-state index contributed by atoms with van der Waals surface area (Å²) < 4.78 is 31.9. The first-order valence-corrected chi connectivity index (χ1v) is 12.9. The Hall–Kier alpha value is -5.32. The maximum atomic E-state index is 13.5. The van der Waals surface area contributed by atoms with E-state index in [0.717, 1.165) is 0 Å². The zero-order chi connectivity index (χ0) is 30.4. The third kappa shape index (κ3) is 6.52. The van der Waals surface area contributed by atoms with Crippen LogP contribution in [0.3, 0.4) is 0 Å². The molecule has 0 aliphatic heterocycles. The first kappa shape index (κ1) is 29.7. The zero-order valence-corrected chi connectivity index (χ0v) is 23.8. The van der Waals surface area contributed by atoms with E-state index in [-0.39, 0.29) is 23.1 Å². The molecule has 2 aromatic heterocycles. The number of nitrogens with one attached hydrogen (secondary N) is 1. The summed E-state index contributed by atoms with van der Waals surface area (Å²) in [6.07, 6.45) is 6.05. The molecular formula is C31H30FN5O5. The van der Waals surface area contributed by atoms with Crippen molar-refractivity contribution in [3.05, 3.63) is 94.6 Å². The summed E-state index contributed by atoms with van der Waals surface area (Å²) in [5.41, 5.74) is 0.718. The number of fused-ring (bicyclic) bond motifs is 1. The van der Waals surface area contributed by atoms with Crippen LogP contribution in [0.25, 0.3) is 22.0 Å². The van der Waals surface area contributed by atoms with Crippen molar-refractivity contribution in [2.75, 3.05) is 14.2 Å². The lowest BCUT2D eigenvalue weighted by molar-refractivity contribution is 0.0975. The van der Waals surface area contributed by atoms with Crippen molar-refractivity contribution < 1.29 is 23.4 Å². The number of guanidine groups is 1. The Labute approximate surface area is 241 Å². The van der Waals surface area contributed by atoms with Gasteiger partial charge in [0, 0.05) is 41.6 Å². The summed E-state index contributed by atoms with van der Waals surface area (Å²) >= 11 is 0. The van der Waals surface area contributed by atoms with Gasteiger partial charge in [-0.15, -0.1) is 0 Å². The fourth-order valence-electron chi connectivity index (χ4n) is 4.06. The fourth-order valence-corrected chi connectivity index (χ4v) is 4.06. The molecule has 0 aliphatic rings. The molecule has 0 bridgehead atoms. The number of halogens is 1. The SMILES string of the molecule is C=NC(=N/C=C(\C)Oc1ccnc2cc(OC)c(OC)cc12)NC(=O)c1cn(C(C)C)cc(-c2ccc(F)cc2)c1=O. The number of allylic oxidation sites excluding steroid dienone is 1. The van der Waals surface area contributed by atoms with Crippen LogP contribution in [0.2, 0.25) is 0 Å². The van der Waals surface area contributed by atoms with Gasteiger partial charge in [0.2, 0.25) is 11.4 Å². The van der Waals surface area contributed by atoms with Crippen molar-refractivity contribution in [3.8, 4) is 28.4 Å². The van der Waals surface area contributed by atoms with Gasteiger partial charge in [0.25, 0.3) is 5.91 Å². The number of benzene rings is 2. The Morgan fingerprint density at radius 3 is 2.40 bits per heavy atom. The van der Waals surface area contributed by atoms with E-state index in [0.29, 0.717) is 39.5 Å².